The van der Waals surface area contributed by atoms with Crippen molar-refractivity contribution in [3.05, 3.63) is 139 Å². The van der Waals surface area contributed by atoms with Gasteiger partial charge in [-0.3, -0.25) is 8.97 Å². The van der Waals surface area contributed by atoms with E-state index in [9.17, 15) is 0 Å². The van der Waals surface area contributed by atoms with Crippen LogP contribution in [0.25, 0.3) is 77.6 Å². The van der Waals surface area contributed by atoms with E-state index in [0.29, 0.717) is 23.0 Å². The average Bonchev–Trinajstić information content (AvgIpc) is 4.01. The minimum atomic E-state index is 0. The first kappa shape index (κ1) is 35.4. The summed E-state index contributed by atoms with van der Waals surface area (Å²) in [6.45, 7) is 4.85. The summed E-state index contributed by atoms with van der Waals surface area (Å²) in [7, 11) is 0. The Hall–Kier alpha value is -5.78. The molecule has 1 fully saturated rings. The van der Waals surface area contributed by atoms with Crippen LogP contribution in [0.1, 0.15) is 50.7 Å². The minimum Gasteiger partial charge on any atom is -0.501 e. The Morgan fingerprint density at radius 3 is 2.53 bits per heavy atom. The summed E-state index contributed by atoms with van der Waals surface area (Å²) < 4.78 is 17.8. The summed E-state index contributed by atoms with van der Waals surface area (Å²) in [5.74, 6) is 3.15. The van der Waals surface area contributed by atoms with Gasteiger partial charge in [0.15, 0.2) is 5.65 Å². The van der Waals surface area contributed by atoms with Crippen LogP contribution in [0, 0.1) is 29.4 Å². The topological polar surface area (TPSA) is 70.4 Å². The largest absolute Gasteiger partial charge is 2.00 e. The number of nitrogens with zero attached hydrogens (tertiary/aromatic N) is 5. The van der Waals surface area contributed by atoms with Crippen molar-refractivity contribution in [2.24, 2.45) is 17.3 Å². The van der Waals surface area contributed by atoms with E-state index in [2.05, 4.69) is 95.6 Å². The summed E-state index contributed by atoms with van der Waals surface area (Å²) in [5.41, 5.74) is 11.0. The second kappa shape index (κ2) is 13.4. The van der Waals surface area contributed by atoms with Gasteiger partial charge in [-0.25, -0.2) is 4.98 Å². The van der Waals surface area contributed by atoms with Crippen LogP contribution in [-0.2, 0) is 33.9 Å². The van der Waals surface area contributed by atoms with E-state index in [0.717, 1.165) is 96.4 Å². The molecule has 0 bridgehead atoms. The SMILES string of the molecule is CC1(C)CCC(C2Cc3ccnc(-c4[c-]c(Oc5ccc6c(n5)n(-c5[c-]cccc5)c5nc7ccccc7n65)cc5c4oc4ccc6ccccc6c45)c3C2)CC1.[Pt+2]. The van der Waals surface area contributed by atoms with Gasteiger partial charge in [0.2, 0.25) is 11.7 Å². The fourth-order valence-corrected chi connectivity index (χ4v) is 9.97. The first-order valence-corrected chi connectivity index (χ1v) is 20.2. The summed E-state index contributed by atoms with van der Waals surface area (Å²) in [6, 6.07) is 44.2. The monoisotopic (exact) mass is 936 g/mol. The molecular formula is C50H39N5O2Pt. The molecule has 2 aliphatic rings. The van der Waals surface area contributed by atoms with E-state index in [1.165, 1.54) is 36.8 Å². The maximum absolute atomic E-state index is 6.80. The Balaban J connectivity index is 0.00000385. The van der Waals surface area contributed by atoms with Crippen LogP contribution < -0.4 is 4.74 Å². The third kappa shape index (κ3) is 5.54. The Morgan fingerprint density at radius 2 is 1.66 bits per heavy atom. The van der Waals surface area contributed by atoms with Crippen molar-refractivity contribution >= 4 is 60.7 Å². The van der Waals surface area contributed by atoms with Gasteiger partial charge >= 0.3 is 21.1 Å². The van der Waals surface area contributed by atoms with Gasteiger partial charge in [-0.15, -0.1) is 6.07 Å². The number of hydrogen-bond donors (Lipinski definition) is 0. The molecule has 1 saturated carbocycles. The molecular weight excluding hydrogens is 898 g/mol. The molecule has 2 aliphatic carbocycles. The molecule has 8 heteroatoms. The van der Waals surface area contributed by atoms with Gasteiger partial charge in [0.1, 0.15) is 5.58 Å². The Bertz CT molecular complexity index is 3220. The molecule has 286 valence electrons. The van der Waals surface area contributed by atoms with Crippen LogP contribution in [0.2, 0.25) is 0 Å². The number of furan rings is 1. The molecule has 0 spiro atoms. The number of aromatic nitrogens is 5. The van der Waals surface area contributed by atoms with Crippen LogP contribution in [0.5, 0.6) is 11.6 Å². The van der Waals surface area contributed by atoms with Gasteiger partial charge in [-0.1, -0.05) is 96.2 Å². The number of hydrogen-bond acceptors (Lipinski definition) is 5. The third-order valence-electron chi connectivity index (χ3n) is 12.9. The molecule has 58 heavy (non-hydrogen) atoms. The van der Waals surface area contributed by atoms with E-state index in [1.807, 2.05) is 54.7 Å². The van der Waals surface area contributed by atoms with E-state index in [-0.39, 0.29) is 21.1 Å². The van der Waals surface area contributed by atoms with Crippen LogP contribution in [0.4, 0.5) is 0 Å². The summed E-state index contributed by atoms with van der Waals surface area (Å²) >= 11 is 0. The molecule has 0 radical (unpaired) electrons. The number of ether oxygens (including phenoxy) is 1. The first-order chi connectivity index (χ1) is 28.0. The van der Waals surface area contributed by atoms with Crippen LogP contribution in [-0.4, -0.2) is 23.9 Å². The van der Waals surface area contributed by atoms with Crippen molar-refractivity contribution in [2.45, 2.75) is 52.4 Å². The maximum Gasteiger partial charge on any atom is 2.00 e. The van der Waals surface area contributed by atoms with Crippen molar-refractivity contribution in [1.29, 1.82) is 0 Å². The molecule has 0 saturated heterocycles. The molecule has 0 amide bonds. The molecule has 12 rings (SSSR count). The molecule has 5 heterocycles. The van der Waals surface area contributed by atoms with Gasteiger partial charge in [0.05, 0.1) is 22.1 Å². The molecule has 10 aromatic rings. The van der Waals surface area contributed by atoms with Gasteiger partial charge in [0.25, 0.3) is 0 Å². The standard InChI is InChI=1S/C50H39N5O2.Pt/c1-50(2)23-20-30(21-24-50)33-26-32-22-25-51-46(37(32)27-33)39-29-35(28-38-45-36-13-7-6-10-31(36)16-18-43(45)57-47(38)39)56-44-19-17-42-48(53-44)54(34-11-4-3-5-12-34)49-52-40-14-8-9-15-41(40)55(42)49;/h3-11,13-19,22,25,28,30,33H,20-21,23-24,26-27H2,1-2H3;/q-2;+2. The molecule has 7 nitrogen and oxygen atoms in total. The number of pyridine rings is 2. The normalized spacial score (nSPS) is 16.8. The van der Waals surface area contributed by atoms with Crippen molar-refractivity contribution in [2.75, 3.05) is 0 Å². The average molecular weight is 937 g/mol. The van der Waals surface area contributed by atoms with E-state index in [4.69, 9.17) is 24.1 Å². The number of imidazole rings is 2. The number of fused-ring (bicyclic) bond motifs is 11. The fourth-order valence-electron chi connectivity index (χ4n) is 9.97. The Kier molecular flexibility index (Phi) is 8.17. The number of benzene rings is 5. The number of rotatable bonds is 5. The van der Waals surface area contributed by atoms with Crippen LogP contribution in [0.15, 0.2) is 120 Å². The molecule has 1 atom stereocenters. The zero-order valence-electron chi connectivity index (χ0n) is 32.2. The van der Waals surface area contributed by atoms with Gasteiger partial charge < -0.3 is 14.1 Å². The van der Waals surface area contributed by atoms with Crippen LogP contribution >= 0.6 is 0 Å². The van der Waals surface area contributed by atoms with E-state index in [1.54, 1.807) is 0 Å². The summed E-state index contributed by atoms with van der Waals surface area (Å²) in [5, 5.41) is 4.33. The van der Waals surface area contributed by atoms with E-state index < -0.39 is 0 Å². The second-order valence-electron chi connectivity index (χ2n) is 16.9. The predicted octanol–water partition coefficient (Wildman–Crippen LogP) is 12.3. The first-order valence-electron chi connectivity index (χ1n) is 20.2. The molecule has 0 N–H and O–H groups in total. The second-order valence-corrected chi connectivity index (χ2v) is 16.9. The Morgan fingerprint density at radius 1 is 0.810 bits per heavy atom. The van der Waals surface area contributed by atoms with Gasteiger partial charge in [0, 0.05) is 23.4 Å². The molecule has 1 unspecified atom stereocenters. The molecule has 0 aliphatic heterocycles. The van der Waals surface area contributed by atoms with Crippen molar-refractivity contribution in [1.82, 2.24) is 23.9 Å². The van der Waals surface area contributed by atoms with Crippen molar-refractivity contribution < 1.29 is 30.2 Å². The number of para-hydroxylation sites is 3. The molecule has 5 aromatic heterocycles. The zero-order valence-corrected chi connectivity index (χ0v) is 34.5. The van der Waals surface area contributed by atoms with Gasteiger partial charge in [-0.2, -0.15) is 29.2 Å². The van der Waals surface area contributed by atoms with Crippen molar-refractivity contribution in [3.63, 3.8) is 0 Å². The smallest absolute Gasteiger partial charge is 0.501 e. The summed E-state index contributed by atoms with van der Waals surface area (Å²) in [6.07, 6.45) is 9.29. The Labute approximate surface area is 350 Å². The molecule has 5 aromatic carbocycles. The zero-order chi connectivity index (χ0) is 37.8. The van der Waals surface area contributed by atoms with Crippen molar-refractivity contribution in [3.8, 4) is 28.6 Å². The quantitative estimate of drug-likeness (QED) is 0.161. The fraction of sp³-hybridized carbons (Fsp3) is 0.220. The third-order valence-corrected chi connectivity index (χ3v) is 12.9. The predicted molar refractivity (Wildman–Crippen MR) is 226 cm³/mol. The minimum absolute atomic E-state index is 0. The van der Waals surface area contributed by atoms with Gasteiger partial charge in [-0.05, 0) is 103 Å². The maximum atomic E-state index is 6.80. The van der Waals surface area contributed by atoms with E-state index >= 15 is 0 Å². The summed E-state index contributed by atoms with van der Waals surface area (Å²) in [4.78, 5) is 15.3. The van der Waals surface area contributed by atoms with Crippen LogP contribution in [0.3, 0.4) is 0 Å².